The van der Waals surface area contributed by atoms with Crippen LogP contribution in [0.4, 0.5) is 5.69 Å². The second-order valence-electron chi connectivity index (χ2n) is 4.59. The number of carbonyl (C=O) groups is 2. The Morgan fingerprint density at radius 2 is 1.39 bits per heavy atom. The third kappa shape index (κ3) is 1.66. The van der Waals surface area contributed by atoms with Gasteiger partial charge in [0.1, 0.15) is 0 Å². The number of halogens is 1. The summed E-state index contributed by atoms with van der Waals surface area (Å²) in [6, 6.07) is 6.79. The van der Waals surface area contributed by atoms with E-state index in [0.717, 1.165) is 25.7 Å². The normalized spacial score (nSPS) is 19.5. The Bertz CT molecular complexity index is 532. The monoisotopic (exact) mass is 261 g/mol. The van der Waals surface area contributed by atoms with Gasteiger partial charge >= 0.3 is 0 Å². The third-order valence-corrected chi connectivity index (χ3v) is 3.73. The number of amides is 2. The molecule has 3 nitrogen and oxygen atoms in total. The summed E-state index contributed by atoms with van der Waals surface area (Å²) in [4.78, 5) is 25.8. The molecule has 2 amide bonds. The van der Waals surface area contributed by atoms with E-state index in [1.54, 1.807) is 24.3 Å². The molecule has 1 aromatic carbocycles. The number of hydrogen-bond donors (Lipinski definition) is 0. The number of rotatable bonds is 1. The summed E-state index contributed by atoms with van der Waals surface area (Å²) in [5.74, 6) is -0.311. The standard InChI is InChI=1S/C14H12ClNO2/c15-9-5-7-10(8-6-9)16-13(17)11-3-1-2-4-12(11)14(16)18/h5-8H,1-4H2. The average molecular weight is 262 g/mol. The predicted molar refractivity (Wildman–Crippen MR) is 69.4 cm³/mol. The van der Waals surface area contributed by atoms with E-state index in [9.17, 15) is 9.59 Å². The maximum Gasteiger partial charge on any atom is 0.261 e. The van der Waals surface area contributed by atoms with Gasteiger partial charge in [0.05, 0.1) is 5.69 Å². The van der Waals surface area contributed by atoms with Crippen molar-refractivity contribution in [2.45, 2.75) is 25.7 Å². The van der Waals surface area contributed by atoms with E-state index in [1.165, 1.54) is 4.90 Å². The fraction of sp³-hybridized carbons (Fsp3) is 0.286. The van der Waals surface area contributed by atoms with E-state index in [1.807, 2.05) is 0 Å². The van der Waals surface area contributed by atoms with E-state index >= 15 is 0 Å². The zero-order valence-electron chi connectivity index (χ0n) is 9.78. The van der Waals surface area contributed by atoms with Gasteiger partial charge in [-0.25, -0.2) is 4.90 Å². The largest absolute Gasteiger partial charge is 0.269 e. The minimum atomic E-state index is -0.156. The van der Waals surface area contributed by atoms with E-state index in [4.69, 9.17) is 11.6 Å². The number of hydrogen-bond acceptors (Lipinski definition) is 2. The minimum absolute atomic E-state index is 0.156. The van der Waals surface area contributed by atoms with Gasteiger partial charge in [0.2, 0.25) is 0 Å². The molecule has 0 bridgehead atoms. The zero-order chi connectivity index (χ0) is 12.7. The first-order valence-corrected chi connectivity index (χ1v) is 6.42. The topological polar surface area (TPSA) is 37.4 Å². The summed E-state index contributed by atoms with van der Waals surface area (Å²) >= 11 is 5.81. The maximum absolute atomic E-state index is 12.2. The summed E-state index contributed by atoms with van der Waals surface area (Å²) in [7, 11) is 0. The van der Waals surface area contributed by atoms with Gasteiger partial charge in [0, 0.05) is 16.2 Å². The Hall–Kier alpha value is -1.61. The number of carbonyl (C=O) groups excluding carboxylic acids is 2. The Labute approximate surface area is 110 Å². The molecule has 0 N–H and O–H groups in total. The van der Waals surface area contributed by atoms with Crippen molar-refractivity contribution >= 4 is 29.1 Å². The fourth-order valence-electron chi connectivity index (χ4n) is 2.56. The van der Waals surface area contributed by atoms with E-state index in [0.29, 0.717) is 21.9 Å². The Balaban J connectivity index is 1.99. The van der Waals surface area contributed by atoms with Crippen molar-refractivity contribution in [1.29, 1.82) is 0 Å². The van der Waals surface area contributed by atoms with Crippen LogP contribution < -0.4 is 4.90 Å². The average Bonchev–Trinajstić information content (AvgIpc) is 2.64. The summed E-state index contributed by atoms with van der Waals surface area (Å²) in [6.07, 6.45) is 3.44. The molecule has 18 heavy (non-hydrogen) atoms. The van der Waals surface area contributed by atoms with Gasteiger partial charge in [-0.1, -0.05) is 11.6 Å². The molecular weight excluding hydrogens is 250 g/mol. The Kier molecular flexibility index (Phi) is 2.71. The van der Waals surface area contributed by atoms with Gasteiger partial charge in [0.15, 0.2) is 0 Å². The summed E-state index contributed by atoms with van der Waals surface area (Å²) in [5, 5.41) is 0.593. The van der Waals surface area contributed by atoms with Crippen LogP contribution in [0.25, 0.3) is 0 Å². The SMILES string of the molecule is O=C1C2=C(CCCC2)C(=O)N1c1ccc(Cl)cc1. The molecule has 1 aliphatic heterocycles. The zero-order valence-corrected chi connectivity index (χ0v) is 10.5. The van der Waals surface area contributed by atoms with Crippen LogP contribution in [-0.4, -0.2) is 11.8 Å². The van der Waals surface area contributed by atoms with E-state index in [2.05, 4.69) is 0 Å². The summed E-state index contributed by atoms with van der Waals surface area (Å²) < 4.78 is 0. The lowest BCUT2D eigenvalue weighted by molar-refractivity contribution is -0.120. The van der Waals surface area contributed by atoms with Crippen LogP contribution in [0.5, 0.6) is 0 Å². The lowest BCUT2D eigenvalue weighted by Gasteiger charge is -2.14. The Morgan fingerprint density at radius 3 is 1.89 bits per heavy atom. The quantitative estimate of drug-likeness (QED) is 0.729. The summed E-state index contributed by atoms with van der Waals surface area (Å²) in [6.45, 7) is 0. The molecule has 0 saturated carbocycles. The van der Waals surface area contributed by atoms with Gasteiger partial charge < -0.3 is 0 Å². The molecule has 4 heteroatoms. The molecule has 0 aromatic heterocycles. The van der Waals surface area contributed by atoms with Crippen molar-refractivity contribution in [3.8, 4) is 0 Å². The van der Waals surface area contributed by atoms with Crippen LogP contribution in [0.3, 0.4) is 0 Å². The van der Waals surface area contributed by atoms with Gasteiger partial charge in [-0.2, -0.15) is 0 Å². The molecule has 3 rings (SSSR count). The maximum atomic E-state index is 12.2. The van der Waals surface area contributed by atoms with Gasteiger partial charge in [-0.05, 0) is 49.9 Å². The van der Waals surface area contributed by atoms with Crippen molar-refractivity contribution in [1.82, 2.24) is 0 Å². The van der Waals surface area contributed by atoms with Gasteiger partial charge in [-0.3, -0.25) is 9.59 Å². The van der Waals surface area contributed by atoms with Crippen molar-refractivity contribution in [2.24, 2.45) is 0 Å². The molecule has 0 spiro atoms. The highest BCUT2D eigenvalue weighted by molar-refractivity contribution is 6.33. The highest BCUT2D eigenvalue weighted by Crippen LogP contribution is 2.35. The fourth-order valence-corrected chi connectivity index (χ4v) is 2.69. The molecule has 2 aliphatic rings. The van der Waals surface area contributed by atoms with Crippen molar-refractivity contribution < 1.29 is 9.59 Å². The highest BCUT2D eigenvalue weighted by Gasteiger charge is 2.39. The first kappa shape index (κ1) is 11.5. The van der Waals surface area contributed by atoms with Crippen LogP contribution in [-0.2, 0) is 9.59 Å². The number of anilines is 1. The smallest absolute Gasteiger partial charge is 0.261 e. The highest BCUT2D eigenvalue weighted by atomic mass is 35.5. The van der Waals surface area contributed by atoms with Crippen LogP contribution in [0.1, 0.15) is 25.7 Å². The molecule has 1 aliphatic carbocycles. The van der Waals surface area contributed by atoms with Crippen LogP contribution in [0.2, 0.25) is 5.02 Å². The third-order valence-electron chi connectivity index (χ3n) is 3.48. The number of benzene rings is 1. The number of imide groups is 1. The second-order valence-corrected chi connectivity index (χ2v) is 5.02. The molecule has 0 unspecified atom stereocenters. The molecule has 92 valence electrons. The van der Waals surface area contributed by atoms with Crippen molar-refractivity contribution in [3.05, 3.63) is 40.4 Å². The predicted octanol–water partition coefficient (Wildman–Crippen LogP) is 3.08. The molecule has 1 heterocycles. The van der Waals surface area contributed by atoms with Crippen LogP contribution >= 0.6 is 11.6 Å². The van der Waals surface area contributed by atoms with Gasteiger partial charge in [0.25, 0.3) is 11.8 Å². The minimum Gasteiger partial charge on any atom is -0.269 e. The first-order chi connectivity index (χ1) is 8.68. The lowest BCUT2D eigenvalue weighted by atomic mass is 9.93. The molecule has 0 saturated heterocycles. The van der Waals surface area contributed by atoms with E-state index in [-0.39, 0.29) is 11.8 Å². The molecule has 0 fully saturated rings. The molecule has 0 atom stereocenters. The van der Waals surface area contributed by atoms with Gasteiger partial charge in [-0.15, -0.1) is 0 Å². The van der Waals surface area contributed by atoms with Crippen LogP contribution in [0.15, 0.2) is 35.4 Å². The Morgan fingerprint density at radius 1 is 0.889 bits per heavy atom. The first-order valence-electron chi connectivity index (χ1n) is 6.05. The summed E-state index contributed by atoms with van der Waals surface area (Å²) in [5.41, 5.74) is 2.02. The van der Waals surface area contributed by atoms with Crippen LogP contribution in [0, 0.1) is 0 Å². The van der Waals surface area contributed by atoms with Crippen molar-refractivity contribution in [2.75, 3.05) is 4.90 Å². The number of nitrogens with zero attached hydrogens (tertiary/aromatic N) is 1. The second kappa shape index (κ2) is 4.25. The molecular formula is C14H12ClNO2. The molecule has 1 aromatic rings. The van der Waals surface area contributed by atoms with Crippen molar-refractivity contribution in [3.63, 3.8) is 0 Å². The lowest BCUT2D eigenvalue weighted by Crippen LogP contribution is -2.31. The molecule has 0 radical (unpaired) electrons. The van der Waals surface area contributed by atoms with E-state index < -0.39 is 0 Å².